The molecule has 0 aromatic rings. The molecule has 16 heavy (non-hydrogen) atoms. The number of nitrogens with one attached hydrogen (secondary N) is 1. The van der Waals surface area contributed by atoms with Crippen LogP contribution in [0.25, 0.3) is 0 Å². The van der Waals surface area contributed by atoms with Gasteiger partial charge in [0.25, 0.3) is 0 Å². The first-order valence-corrected chi connectivity index (χ1v) is 5.30. The quantitative estimate of drug-likeness (QED) is 0.809. The summed E-state index contributed by atoms with van der Waals surface area (Å²) >= 11 is 0. The molecule has 1 N–H and O–H groups in total. The van der Waals surface area contributed by atoms with Crippen molar-refractivity contribution in [3.8, 4) is 0 Å². The van der Waals surface area contributed by atoms with E-state index in [9.17, 15) is 18.0 Å². The van der Waals surface area contributed by atoms with E-state index in [2.05, 4.69) is 0 Å². The van der Waals surface area contributed by atoms with E-state index in [4.69, 9.17) is 0 Å². The van der Waals surface area contributed by atoms with E-state index in [1.165, 1.54) is 0 Å². The Morgan fingerprint density at radius 1 is 1.31 bits per heavy atom. The molecule has 0 aromatic carbocycles. The monoisotopic (exact) mass is 238 g/mol. The summed E-state index contributed by atoms with van der Waals surface area (Å²) in [5, 5.41) is 1.98. The van der Waals surface area contributed by atoms with Gasteiger partial charge in [-0.2, -0.15) is 13.2 Å². The van der Waals surface area contributed by atoms with Gasteiger partial charge in [-0.05, 0) is 26.9 Å². The Hall–Kier alpha value is -0.780. The van der Waals surface area contributed by atoms with Crippen molar-refractivity contribution in [3.63, 3.8) is 0 Å². The molecular weight excluding hydrogens is 221 g/mol. The van der Waals surface area contributed by atoms with Crippen molar-refractivity contribution in [3.05, 3.63) is 0 Å². The van der Waals surface area contributed by atoms with E-state index in [1.54, 1.807) is 0 Å². The number of halogens is 3. The van der Waals surface area contributed by atoms with Crippen LogP contribution in [0.4, 0.5) is 13.2 Å². The van der Waals surface area contributed by atoms with Gasteiger partial charge in [0.15, 0.2) is 0 Å². The molecule has 0 aliphatic heterocycles. The highest BCUT2D eigenvalue weighted by atomic mass is 19.4. The number of carbonyl (C=O) groups excluding carboxylic acids is 1. The molecule has 94 valence electrons. The molecule has 0 saturated heterocycles. The molecule has 1 fully saturated rings. The smallest absolute Gasteiger partial charge is 0.346 e. The van der Waals surface area contributed by atoms with Crippen LogP contribution in [0.2, 0.25) is 0 Å². The van der Waals surface area contributed by atoms with Gasteiger partial charge in [-0.1, -0.05) is 12.8 Å². The maximum atomic E-state index is 12.0. The summed E-state index contributed by atoms with van der Waals surface area (Å²) in [5.74, 6) is -1.85. The minimum Gasteiger partial charge on any atom is -0.346 e. The van der Waals surface area contributed by atoms with E-state index in [0.29, 0.717) is 0 Å². The lowest BCUT2D eigenvalue weighted by atomic mass is 9.96. The molecule has 0 radical (unpaired) electrons. The highest BCUT2D eigenvalue weighted by Gasteiger charge is 2.42. The Morgan fingerprint density at radius 2 is 1.81 bits per heavy atom. The van der Waals surface area contributed by atoms with Crippen LogP contribution in [0.1, 0.15) is 25.7 Å². The third-order valence-corrected chi connectivity index (χ3v) is 3.32. The zero-order chi connectivity index (χ0) is 12.4. The fraction of sp³-hybridized carbons (Fsp3) is 0.900. The van der Waals surface area contributed by atoms with Gasteiger partial charge in [0.05, 0.1) is 0 Å². The van der Waals surface area contributed by atoms with E-state index < -0.39 is 12.1 Å². The molecule has 1 aliphatic carbocycles. The summed E-state index contributed by atoms with van der Waals surface area (Å²) in [6, 6.07) is 0. The van der Waals surface area contributed by atoms with E-state index in [0.717, 1.165) is 25.7 Å². The second-order valence-electron chi connectivity index (χ2n) is 4.51. The van der Waals surface area contributed by atoms with Crippen LogP contribution >= 0.6 is 0 Å². The number of hydrogen-bond acceptors (Lipinski definition) is 2. The Labute approximate surface area is 93.0 Å². The summed E-state index contributed by atoms with van der Waals surface area (Å²) in [6.45, 7) is 0.0678. The molecule has 0 aromatic heterocycles. The normalized spacial score (nSPS) is 20.1. The van der Waals surface area contributed by atoms with Crippen molar-refractivity contribution in [1.29, 1.82) is 0 Å². The third-order valence-electron chi connectivity index (χ3n) is 3.32. The predicted molar refractivity (Wildman–Crippen MR) is 54.0 cm³/mol. The summed E-state index contributed by atoms with van der Waals surface area (Å²) in [7, 11) is 3.68. The summed E-state index contributed by atoms with van der Waals surface area (Å²) in [4.78, 5) is 12.6. The molecular formula is C10H17F3N2O. The zero-order valence-electron chi connectivity index (χ0n) is 9.52. The van der Waals surface area contributed by atoms with Gasteiger partial charge in [-0.3, -0.25) is 4.79 Å². The number of rotatable bonds is 3. The molecule has 0 bridgehead atoms. The van der Waals surface area contributed by atoms with Gasteiger partial charge < -0.3 is 10.2 Å². The van der Waals surface area contributed by atoms with Crippen LogP contribution in [0.15, 0.2) is 0 Å². The first-order chi connectivity index (χ1) is 7.28. The van der Waals surface area contributed by atoms with Gasteiger partial charge in [0.1, 0.15) is 0 Å². The van der Waals surface area contributed by atoms with Crippen LogP contribution < -0.4 is 5.32 Å². The topological polar surface area (TPSA) is 32.3 Å². The number of alkyl halides is 3. The lowest BCUT2D eigenvalue weighted by molar-refractivity contribution is -0.174. The average Bonchev–Trinajstić information content (AvgIpc) is 2.62. The van der Waals surface area contributed by atoms with Crippen LogP contribution in [-0.4, -0.2) is 43.2 Å². The molecule has 0 unspecified atom stereocenters. The molecule has 0 atom stereocenters. The molecule has 3 nitrogen and oxygen atoms in total. The average molecular weight is 238 g/mol. The Kier molecular flexibility index (Phi) is 3.83. The van der Waals surface area contributed by atoms with Crippen molar-refractivity contribution >= 4 is 5.91 Å². The number of nitrogens with zero attached hydrogens (tertiary/aromatic N) is 1. The van der Waals surface area contributed by atoms with Crippen LogP contribution in [-0.2, 0) is 4.79 Å². The van der Waals surface area contributed by atoms with Crippen molar-refractivity contribution in [2.24, 2.45) is 0 Å². The maximum Gasteiger partial charge on any atom is 0.471 e. The summed E-state index contributed by atoms with van der Waals surface area (Å²) in [5.41, 5.74) is -0.305. The molecule has 1 amide bonds. The van der Waals surface area contributed by atoms with E-state index >= 15 is 0 Å². The standard InChI is InChI=1S/C10H17F3N2O/c1-15(2)9(5-3-4-6-9)7-14-8(16)10(11,12)13/h3-7H2,1-2H3,(H,14,16). The molecule has 1 rings (SSSR count). The fourth-order valence-corrected chi connectivity index (χ4v) is 2.16. The van der Waals surface area contributed by atoms with Gasteiger partial charge in [-0.15, -0.1) is 0 Å². The number of amides is 1. The lowest BCUT2D eigenvalue weighted by Crippen LogP contribution is -2.52. The minimum absolute atomic E-state index is 0.0678. The molecule has 1 aliphatic rings. The van der Waals surface area contributed by atoms with Gasteiger partial charge >= 0.3 is 12.1 Å². The first kappa shape index (κ1) is 13.3. The third kappa shape index (κ3) is 2.87. The second kappa shape index (κ2) is 4.61. The van der Waals surface area contributed by atoms with E-state index in [1.807, 2.05) is 24.3 Å². The Bertz CT molecular complexity index is 257. The summed E-state index contributed by atoms with van der Waals surface area (Å²) < 4.78 is 36.1. The van der Waals surface area contributed by atoms with Gasteiger partial charge in [0.2, 0.25) is 0 Å². The van der Waals surface area contributed by atoms with Gasteiger partial charge in [0, 0.05) is 12.1 Å². The van der Waals surface area contributed by atoms with Crippen LogP contribution in [0.5, 0.6) is 0 Å². The number of hydrogen-bond donors (Lipinski definition) is 1. The maximum absolute atomic E-state index is 12.0. The van der Waals surface area contributed by atoms with Gasteiger partial charge in [-0.25, -0.2) is 0 Å². The number of likely N-dealkylation sites (N-methyl/N-ethyl adjacent to an activating group) is 1. The molecule has 0 heterocycles. The van der Waals surface area contributed by atoms with E-state index in [-0.39, 0.29) is 12.1 Å². The molecule has 1 saturated carbocycles. The van der Waals surface area contributed by atoms with Crippen molar-refractivity contribution in [2.75, 3.05) is 20.6 Å². The number of carbonyl (C=O) groups is 1. The largest absolute Gasteiger partial charge is 0.471 e. The zero-order valence-corrected chi connectivity index (χ0v) is 9.52. The Balaban J connectivity index is 2.55. The molecule has 0 spiro atoms. The minimum atomic E-state index is -4.79. The highest BCUT2D eigenvalue weighted by molar-refractivity contribution is 5.81. The molecule has 6 heteroatoms. The van der Waals surface area contributed by atoms with Crippen molar-refractivity contribution < 1.29 is 18.0 Å². The van der Waals surface area contributed by atoms with Crippen LogP contribution in [0, 0.1) is 0 Å². The highest BCUT2D eigenvalue weighted by Crippen LogP contribution is 2.33. The SMILES string of the molecule is CN(C)C1(CNC(=O)C(F)(F)F)CCCC1. The predicted octanol–water partition coefficient (Wildman–Crippen LogP) is 1.54. The van der Waals surface area contributed by atoms with Crippen LogP contribution in [0.3, 0.4) is 0 Å². The van der Waals surface area contributed by atoms with Crippen molar-refractivity contribution in [2.45, 2.75) is 37.4 Å². The Morgan fingerprint density at radius 3 is 2.19 bits per heavy atom. The van der Waals surface area contributed by atoms with Crippen molar-refractivity contribution in [1.82, 2.24) is 10.2 Å². The summed E-state index contributed by atoms with van der Waals surface area (Å²) in [6.07, 6.45) is -1.12. The first-order valence-electron chi connectivity index (χ1n) is 5.30. The fourth-order valence-electron chi connectivity index (χ4n) is 2.16. The lowest BCUT2D eigenvalue weighted by Gasteiger charge is -2.36. The second-order valence-corrected chi connectivity index (χ2v) is 4.51.